The average molecular weight is 170 g/mol. The second-order valence-corrected chi connectivity index (χ2v) is 5.00. The third kappa shape index (κ3) is 0.882. The number of aliphatic hydroxyl groups is 1. The molecule has 0 aromatic carbocycles. The van der Waals surface area contributed by atoms with E-state index in [-0.39, 0.29) is 11.0 Å². The fraction of sp³-hybridized carbons (Fsp3) is 1.00. The van der Waals surface area contributed by atoms with E-state index in [1.165, 1.54) is 6.42 Å². The van der Waals surface area contributed by atoms with Crippen molar-refractivity contribution in [2.24, 2.45) is 11.3 Å². The molecule has 0 aromatic rings. The molecule has 70 valence electrons. The number of aliphatic hydroxyl groups excluding tert-OH is 1. The van der Waals surface area contributed by atoms with E-state index in [9.17, 15) is 5.11 Å². The molecule has 2 heteroatoms. The summed E-state index contributed by atoms with van der Waals surface area (Å²) in [5.41, 5.74) is 0.154. The van der Waals surface area contributed by atoms with Crippen molar-refractivity contribution in [3.05, 3.63) is 0 Å². The highest BCUT2D eigenvalue weighted by Crippen LogP contribution is 2.57. The van der Waals surface area contributed by atoms with Gasteiger partial charge in [-0.15, -0.1) is 0 Å². The van der Waals surface area contributed by atoms with Crippen LogP contribution in [-0.2, 0) is 4.74 Å². The lowest BCUT2D eigenvalue weighted by Gasteiger charge is -2.47. The maximum Gasteiger partial charge on any atom is 0.155 e. The molecule has 0 aromatic heterocycles. The molecule has 2 fully saturated rings. The van der Waals surface area contributed by atoms with Gasteiger partial charge in [-0.1, -0.05) is 13.8 Å². The molecule has 0 spiro atoms. The molecule has 1 aliphatic carbocycles. The molecular formula is C10H18O2. The third-order valence-corrected chi connectivity index (χ3v) is 4.24. The summed E-state index contributed by atoms with van der Waals surface area (Å²) in [5.74, 6) is 0.645. The highest BCUT2D eigenvalue weighted by molar-refractivity contribution is 5.04. The predicted molar refractivity (Wildman–Crippen MR) is 46.6 cm³/mol. The van der Waals surface area contributed by atoms with Crippen LogP contribution in [0.5, 0.6) is 0 Å². The van der Waals surface area contributed by atoms with Crippen molar-refractivity contribution >= 4 is 0 Å². The number of hydrogen-bond donors (Lipinski definition) is 1. The van der Waals surface area contributed by atoms with E-state index >= 15 is 0 Å². The molecule has 2 nitrogen and oxygen atoms in total. The normalized spacial score (nSPS) is 51.0. The Kier molecular flexibility index (Phi) is 1.59. The second-order valence-electron chi connectivity index (χ2n) is 5.00. The zero-order chi connectivity index (χ0) is 8.98. The third-order valence-electron chi connectivity index (χ3n) is 4.24. The van der Waals surface area contributed by atoms with Gasteiger partial charge < -0.3 is 9.84 Å². The van der Waals surface area contributed by atoms with Gasteiger partial charge in [-0.2, -0.15) is 0 Å². The molecule has 3 unspecified atom stereocenters. The van der Waals surface area contributed by atoms with Gasteiger partial charge >= 0.3 is 0 Å². The van der Waals surface area contributed by atoms with E-state index < -0.39 is 6.29 Å². The van der Waals surface area contributed by atoms with Crippen molar-refractivity contribution in [3.8, 4) is 0 Å². The van der Waals surface area contributed by atoms with Gasteiger partial charge in [0.15, 0.2) is 6.29 Å². The Hall–Kier alpha value is -0.0800. The van der Waals surface area contributed by atoms with Crippen molar-refractivity contribution < 1.29 is 9.84 Å². The molecular weight excluding hydrogens is 152 g/mol. The standard InChI is InChI=1S/C10H18O2/c1-9(2)7-4-5-10(9,3)12-8(11)6-7/h7-8,11H,4-6H2,1-3H3. The first kappa shape index (κ1) is 8.52. The second kappa shape index (κ2) is 2.24. The van der Waals surface area contributed by atoms with E-state index in [1.54, 1.807) is 0 Å². The van der Waals surface area contributed by atoms with Gasteiger partial charge in [0.25, 0.3) is 0 Å². The molecule has 2 bridgehead atoms. The molecule has 1 saturated heterocycles. The Bertz CT molecular complexity index is 200. The Morgan fingerprint density at radius 3 is 2.58 bits per heavy atom. The highest BCUT2D eigenvalue weighted by Gasteiger charge is 2.56. The van der Waals surface area contributed by atoms with Gasteiger partial charge in [0.05, 0.1) is 5.60 Å². The summed E-state index contributed by atoms with van der Waals surface area (Å²) in [4.78, 5) is 0. The summed E-state index contributed by atoms with van der Waals surface area (Å²) < 4.78 is 5.64. The van der Waals surface area contributed by atoms with Gasteiger partial charge in [-0.25, -0.2) is 0 Å². The quantitative estimate of drug-likeness (QED) is 0.602. The first-order chi connectivity index (χ1) is 5.46. The van der Waals surface area contributed by atoms with Gasteiger partial charge in [-0.05, 0) is 31.1 Å². The SMILES string of the molecule is CC12CCC(CC(O)O1)C2(C)C. The summed E-state index contributed by atoms with van der Waals surface area (Å²) in [5, 5.41) is 9.47. The number of ether oxygens (including phenoxy) is 1. The summed E-state index contributed by atoms with van der Waals surface area (Å²) in [7, 11) is 0. The van der Waals surface area contributed by atoms with Gasteiger partial charge in [0.1, 0.15) is 0 Å². The molecule has 2 aliphatic rings. The van der Waals surface area contributed by atoms with Crippen molar-refractivity contribution in [2.75, 3.05) is 0 Å². The van der Waals surface area contributed by atoms with E-state index in [1.807, 2.05) is 0 Å². The van der Waals surface area contributed by atoms with Crippen LogP contribution in [0.4, 0.5) is 0 Å². The zero-order valence-electron chi connectivity index (χ0n) is 8.13. The van der Waals surface area contributed by atoms with Gasteiger partial charge in [0, 0.05) is 6.42 Å². The minimum atomic E-state index is -0.518. The topological polar surface area (TPSA) is 29.5 Å². The summed E-state index contributed by atoms with van der Waals surface area (Å²) >= 11 is 0. The first-order valence-corrected chi connectivity index (χ1v) is 4.81. The molecule has 1 N–H and O–H groups in total. The molecule has 1 aliphatic heterocycles. The van der Waals surface area contributed by atoms with Crippen molar-refractivity contribution in [1.29, 1.82) is 0 Å². The zero-order valence-corrected chi connectivity index (χ0v) is 8.13. The molecule has 3 atom stereocenters. The van der Waals surface area contributed by atoms with Gasteiger partial charge in [-0.3, -0.25) is 0 Å². The molecule has 2 rings (SSSR count). The molecule has 12 heavy (non-hydrogen) atoms. The first-order valence-electron chi connectivity index (χ1n) is 4.81. The predicted octanol–water partition coefficient (Wildman–Crippen LogP) is 1.92. The number of fused-ring (bicyclic) bond motifs is 2. The Balaban J connectivity index is 2.31. The molecule has 0 amide bonds. The van der Waals surface area contributed by atoms with Crippen LogP contribution >= 0.6 is 0 Å². The lowest BCUT2D eigenvalue weighted by Crippen LogP contribution is -2.49. The molecule has 0 radical (unpaired) electrons. The highest BCUT2D eigenvalue weighted by atomic mass is 16.6. The van der Waals surface area contributed by atoms with E-state index in [4.69, 9.17) is 4.74 Å². The summed E-state index contributed by atoms with van der Waals surface area (Å²) in [6.07, 6.45) is 2.61. The number of rotatable bonds is 0. The van der Waals surface area contributed by atoms with Gasteiger partial charge in [0.2, 0.25) is 0 Å². The minimum Gasteiger partial charge on any atom is -0.368 e. The fourth-order valence-corrected chi connectivity index (χ4v) is 2.78. The average Bonchev–Trinajstić information content (AvgIpc) is 2.16. The Morgan fingerprint density at radius 1 is 1.33 bits per heavy atom. The minimum absolute atomic E-state index is 0.0880. The lowest BCUT2D eigenvalue weighted by atomic mass is 9.70. The monoisotopic (exact) mass is 170 g/mol. The molecule has 1 heterocycles. The molecule has 1 saturated carbocycles. The largest absolute Gasteiger partial charge is 0.368 e. The summed E-state index contributed by atoms with van der Waals surface area (Å²) in [6, 6.07) is 0. The van der Waals surface area contributed by atoms with Crippen LogP contribution in [0.3, 0.4) is 0 Å². The van der Waals surface area contributed by atoms with Crippen LogP contribution in [0.1, 0.15) is 40.0 Å². The van der Waals surface area contributed by atoms with E-state index in [0.717, 1.165) is 12.8 Å². The Morgan fingerprint density at radius 2 is 2.00 bits per heavy atom. The van der Waals surface area contributed by atoms with Crippen LogP contribution in [0, 0.1) is 11.3 Å². The van der Waals surface area contributed by atoms with Crippen molar-refractivity contribution in [1.82, 2.24) is 0 Å². The maximum atomic E-state index is 9.47. The van der Waals surface area contributed by atoms with Crippen LogP contribution in [-0.4, -0.2) is 17.0 Å². The smallest absolute Gasteiger partial charge is 0.155 e. The number of hydrogen-bond acceptors (Lipinski definition) is 2. The Labute approximate surface area is 73.9 Å². The van der Waals surface area contributed by atoms with Crippen LogP contribution in [0.15, 0.2) is 0 Å². The summed E-state index contributed by atoms with van der Waals surface area (Å²) in [6.45, 7) is 6.66. The van der Waals surface area contributed by atoms with Crippen molar-refractivity contribution in [2.45, 2.75) is 51.9 Å². The van der Waals surface area contributed by atoms with Crippen LogP contribution < -0.4 is 0 Å². The van der Waals surface area contributed by atoms with E-state index in [0.29, 0.717) is 5.92 Å². The van der Waals surface area contributed by atoms with Crippen LogP contribution in [0.2, 0.25) is 0 Å². The maximum absolute atomic E-state index is 9.47. The fourth-order valence-electron chi connectivity index (χ4n) is 2.78. The lowest BCUT2D eigenvalue weighted by molar-refractivity contribution is -0.248. The van der Waals surface area contributed by atoms with E-state index in [2.05, 4.69) is 20.8 Å². The van der Waals surface area contributed by atoms with Crippen molar-refractivity contribution in [3.63, 3.8) is 0 Å². The van der Waals surface area contributed by atoms with Crippen LogP contribution in [0.25, 0.3) is 0 Å².